The van der Waals surface area contributed by atoms with Crippen molar-refractivity contribution >= 4 is 41.1 Å². The molecule has 0 aliphatic heterocycles. The van der Waals surface area contributed by atoms with E-state index in [1.54, 1.807) is 0 Å². The minimum Gasteiger partial charge on any atom is -0.298 e. The smallest absolute Gasteiger partial charge is 0.298 e. The molecule has 0 amide bonds. The maximum absolute atomic E-state index is 12.9. The number of carbonyl (C=O) groups is 1. The average molecular weight is 355 g/mol. The second-order valence-corrected chi connectivity index (χ2v) is 5.23. The van der Waals surface area contributed by atoms with Gasteiger partial charge < -0.3 is 0 Å². The van der Waals surface area contributed by atoms with Gasteiger partial charge in [0.15, 0.2) is 6.29 Å². The summed E-state index contributed by atoms with van der Waals surface area (Å²) in [5.41, 5.74) is -1.96. The molecule has 8 heteroatoms. The number of hydrogen-bond acceptors (Lipinski definition) is 2. The molecule has 110 valence electrons. The summed E-state index contributed by atoms with van der Waals surface area (Å²) in [5, 5.41) is 0.221. The summed E-state index contributed by atoms with van der Waals surface area (Å²) >= 11 is 17.7. The topological polar surface area (TPSA) is 30.0 Å². The number of carbonyl (C=O) groups excluding carboxylic acids is 1. The van der Waals surface area contributed by atoms with Crippen molar-refractivity contribution in [2.24, 2.45) is 0 Å². The van der Waals surface area contributed by atoms with E-state index in [9.17, 15) is 18.0 Å². The molecule has 0 saturated heterocycles. The fourth-order valence-corrected chi connectivity index (χ4v) is 2.80. The first-order chi connectivity index (χ1) is 9.75. The molecule has 1 aromatic carbocycles. The highest BCUT2D eigenvalue weighted by Crippen LogP contribution is 2.40. The van der Waals surface area contributed by atoms with Crippen LogP contribution in [0.2, 0.25) is 15.1 Å². The fraction of sp³-hybridized carbons (Fsp3) is 0.0769. The van der Waals surface area contributed by atoms with Crippen molar-refractivity contribution < 1.29 is 18.0 Å². The minimum absolute atomic E-state index is 0.00224. The number of hydrogen-bond donors (Lipinski definition) is 0. The first-order valence-electron chi connectivity index (χ1n) is 5.42. The normalized spacial score (nSPS) is 11.5. The molecule has 0 N–H and O–H groups in total. The first-order valence-corrected chi connectivity index (χ1v) is 6.55. The number of nitrogens with zero attached hydrogens (tertiary/aromatic N) is 1. The van der Waals surface area contributed by atoms with Gasteiger partial charge in [-0.25, -0.2) is 0 Å². The molecule has 0 aliphatic carbocycles. The lowest BCUT2D eigenvalue weighted by molar-refractivity contribution is -0.137. The van der Waals surface area contributed by atoms with E-state index in [2.05, 4.69) is 4.98 Å². The van der Waals surface area contributed by atoms with Crippen LogP contribution in [0.5, 0.6) is 0 Å². The Morgan fingerprint density at radius 2 is 1.67 bits per heavy atom. The number of benzene rings is 1. The zero-order valence-corrected chi connectivity index (χ0v) is 12.3. The van der Waals surface area contributed by atoms with Gasteiger partial charge in [-0.05, 0) is 18.2 Å². The molecule has 2 aromatic rings. The lowest BCUT2D eigenvalue weighted by Crippen LogP contribution is -2.11. The van der Waals surface area contributed by atoms with Crippen molar-refractivity contribution in [2.75, 3.05) is 0 Å². The highest BCUT2D eigenvalue weighted by molar-refractivity contribution is 6.41. The van der Waals surface area contributed by atoms with Crippen molar-refractivity contribution in [1.29, 1.82) is 0 Å². The van der Waals surface area contributed by atoms with Gasteiger partial charge in [-0.2, -0.15) is 13.2 Å². The Labute approximate surface area is 132 Å². The maximum Gasteiger partial charge on any atom is 0.417 e. The molecule has 0 unspecified atom stereocenters. The molecular weight excluding hydrogens is 350 g/mol. The summed E-state index contributed by atoms with van der Waals surface area (Å²) in [6.45, 7) is 0. The molecule has 0 bridgehead atoms. The molecule has 21 heavy (non-hydrogen) atoms. The molecule has 1 aromatic heterocycles. The summed E-state index contributed by atoms with van der Waals surface area (Å²) in [6, 6.07) is 3.33. The molecule has 0 radical (unpaired) electrons. The molecule has 0 spiro atoms. The molecule has 0 fully saturated rings. The second-order valence-electron chi connectivity index (χ2n) is 3.98. The molecular formula is C13H5Cl3F3NO. The zero-order valence-electron chi connectivity index (χ0n) is 10.0. The van der Waals surface area contributed by atoms with Crippen LogP contribution in [-0.2, 0) is 6.18 Å². The van der Waals surface area contributed by atoms with Gasteiger partial charge in [-0.3, -0.25) is 9.78 Å². The van der Waals surface area contributed by atoms with Crippen LogP contribution >= 0.6 is 34.8 Å². The Hall–Kier alpha value is -1.30. The number of aldehydes is 1. The summed E-state index contributed by atoms with van der Waals surface area (Å²) < 4.78 is 38.8. The van der Waals surface area contributed by atoms with E-state index in [1.165, 1.54) is 12.1 Å². The highest BCUT2D eigenvalue weighted by atomic mass is 35.5. The highest BCUT2D eigenvalue weighted by Gasteiger charge is 2.35. The summed E-state index contributed by atoms with van der Waals surface area (Å²) in [5.74, 6) is 0. The van der Waals surface area contributed by atoms with Crippen molar-refractivity contribution in [3.8, 4) is 11.3 Å². The monoisotopic (exact) mass is 353 g/mol. The van der Waals surface area contributed by atoms with E-state index in [0.717, 1.165) is 6.20 Å². The van der Waals surface area contributed by atoms with E-state index >= 15 is 0 Å². The maximum atomic E-state index is 12.9. The van der Waals surface area contributed by atoms with Gasteiger partial charge in [-0.15, -0.1) is 0 Å². The van der Waals surface area contributed by atoms with E-state index in [0.29, 0.717) is 6.07 Å². The Morgan fingerprint density at radius 1 is 1.10 bits per heavy atom. The Balaban J connectivity index is 2.80. The summed E-state index contributed by atoms with van der Waals surface area (Å²) in [7, 11) is 0. The molecule has 2 rings (SSSR count). The van der Waals surface area contributed by atoms with Crippen molar-refractivity contribution in [3.63, 3.8) is 0 Å². The van der Waals surface area contributed by atoms with E-state index in [-0.39, 0.29) is 32.6 Å². The quantitative estimate of drug-likeness (QED) is 0.663. The predicted octanol–water partition coefficient (Wildman–Crippen LogP) is 5.54. The number of aromatic nitrogens is 1. The van der Waals surface area contributed by atoms with Crippen LogP contribution < -0.4 is 0 Å². The third-order valence-electron chi connectivity index (χ3n) is 2.66. The number of halogens is 6. The zero-order chi connectivity index (χ0) is 15.8. The number of pyridine rings is 1. The van der Waals surface area contributed by atoms with Crippen LogP contribution in [0, 0.1) is 0 Å². The van der Waals surface area contributed by atoms with Gasteiger partial charge in [0.05, 0.1) is 26.9 Å². The Bertz CT molecular complexity index is 693. The lowest BCUT2D eigenvalue weighted by atomic mass is 10.0. The van der Waals surface area contributed by atoms with Gasteiger partial charge >= 0.3 is 6.18 Å². The van der Waals surface area contributed by atoms with Gasteiger partial charge in [-0.1, -0.05) is 34.8 Å². The van der Waals surface area contributed by atoms with E-state index in [4.69, 9.17) is 34.8 Å². The predicted molar refractivity (Wildman–Crippen MR) is 75.1 cm³/mol. The number of alkyl halides is 3. The SMILES string of the molecule is O=Cc1c(C(F)(F)F)ccnc1-c1c(Cl)cc(Cl)cc1Cl. The van der Waals surface area contributed by atoms with Crippen LogP contribution in [0.25, 0.3) is 11.3 Å². The Morgan fingerprint density at radius 3 is 2.14 bits per heavy atom. The van der Waals surface area contributed by atoms with Crippen molar-refractivity contribution in [1.82, 2.24) is 4.98 Å². The van der Waals surface area contributed by atoms with Gasteiger partial charge in [0, 0.05) is 16.8 Å². The third kappa shape index (κ3) is 3.15. The van der Waals surface area contributed by atoms with Crippen LogP contribution in [0.4, 0.5) is 13.2 Å². The van der Waals surface area contributed by atoms with E-state index < -0.39 is 17.3 Å². The van der Waals surface area contributed by atoms with Crippen molar-refractivity contribution in [2.45, 2.75) is 6.18 Å². The average Bonchev–Trinajstić information content (AvgIpc) is 2.36. The van der Waals surface area contributed by atoms with Crippen LogP contribution in [0.1, 0.15) is 15.9 Å². The van der Waals surface area contributed by atoms with Crippen LogP contribution in [-0.4, -0.2) is 11.3 Å². The van der Waals surface area contributed by atoms with Gasteiger partial charge in [0.25, 0.3) is 0 Å². The first kappa shape index (κ1) is 16.1. The lowest BCUT2D eigenvalue weighted by Gasteiger charge is -2.14. The minimum atomic E-state index is -4.70. The molecule has 1 heterocycles. The molecule has 0 aliphatic rings. The van der Waals surface area contributed by atoms with E-state index in [1.807, 2.05) is 0 Å². The summed E-state index contributed by atoms with van der Waals surface area (Å²) in [6.07, 6.45) is -3.68. The molecule has 0 atom stereocenters. The Kier molecular flexibility index (Phi) is 4.46. The largest absolute Gasteiger partial charge is 0.417 e. The van der Waals surface area contributed by atoms with Crippen molar-refractivity contribution in [3.05, 3.63) is 50.6 Å². The van der Waals surface area contributed by atoms with Gasteiger partial charge in [0.2, 0.25) is 0 Å². The van der Waals surface area contributed by atoms with Crippen LogP contribution in [0.15, 0.2) is 24.4 Å². The standard InChI is InChI=1S/C13H5Cl3F3NO/c14-6-3-9(15)11(10(16)4-6)12-7(5-21)8(1-2-20-12)13(17,18)19/h1-5H. The third-order valence-corrected chi connectivity index (χ3v) is 3.47. The van der Waals surface area contributed by atoms with Crippen LogP contribution in [0.3, 0.4) is 0 Å². The number of rotatable bonds is 2. The fourth-order valence-electron chi connectivity index (χ4n) is 1.81. The molecule has 2 nitrogen and oxygen atoms in total. The molecule has 0 saturated carbocycles. The second kappa shape index (κ2) is 5.83. The summed E-state index contributed by atoms with van der Waals surface area (Å²) in [4.78, 5) is 14.9. The van der Waals surface area contributed by atoms with Gasteiger partial charge in [0.1, 0.15) is 0 Å².